The van der Waals surface area contributed by atoms with E-state index in [1.807, 2.05) is 24.3 Å². The first-order valence-corrected chi connectivity index (χ1v) is 6.44. The number of rotatable bonds is 4. The third-order valence-corrected chi connectivity index (χ3v) is 3.08. The van der Waals surface area contributed by atoms with Gasteiger partial charge in [0.15, 0.2) is 0 Å². The number of aryl methyl sites for hydroxylation is 1. The molecule has 104 valence electrons. The van der Waals surface area contributed by atoms with Gasteiger partial charge in [-0.1, -0.05) is 31.2 Å². The van der Waals surface area contributed by atoms with Crippen LogP contribution in [0.5, 0.6) is 5.75 Å². The minimum Gasteiger partial charge on any atom is -0.508 e. The molecule has 0 aliphatic rings. The first-order valence-electron chi connectivity index (χ1n) is 6.44. The molecule has 3 nitrogen and oxygen atoms in total. The van der Waals surface area contributed by atoms with Gasteiger partial charge in [-0.15, -0.1) is 0 Å². The molecule has 0 atom stereocenters. The van der Waals surface area contributed by atoms with Gasteiger partial charge in [0.1, 0.15) is 11.6 Å². The zero-order valence-electron chi connectivity index (χ0n) is 11.2. The molecule has 0 spiro atoms. The van der Waals surface area contributed by atoms with Crippen LogP contribution in [0.25, 0.3) is 0 Å². The highest BCUT2D eigenvalue weighted by Gasteiger charge is 2.11. The summed E-state index contributed by atoms with van der Waals surface area (Å²) in [7, 11) is 0. The molecule has 2 aromatic rings. The Morgan fingerprint density at radius 3 is 2.40 bits per heavy atom. The van der Waals surface area contributed by atoms with E-state index in [-0.39, 0.29) is 11.3 Å². The molecule has 0 unspecified atom stereocenters. The number of carbonyl (C=O) groups is 1. The zero-order chi connectivity index (χ0) is 14.5. The lowest BCUT2D eigenvalue weighted by Crippen LogP contribution is -2.23. The van der Waals surface area contributed by atoms with Crippen LogP contribution in [0.4, 0.5) is 4.39 Å². The molecule has 1 amide bonds. The predicted molar refractivity (Wildman–Crippen MR) is 75.1 cm³/mol. The van der Waals surface area contributed by atoms with E-state index in [0.717, 1.165) is 18.1 Å². The van der Waals surface area contributed by atoms with Gasteiger partial charge < -0.3 is 10.4 Å². The molecule has 4 heteroatoms. The molecule has 0 aromatic heterocycles. The number of phenols is 1. The van der Waals surface area contributed by atoms with Crippen molar-refractivity contribution in [1.82, 2.24) is 5.32 Å². The number of phenolic OH excluding ortho intramolecular Hbond substituents is 1. The largest absolute Gasteiger partial charge is 0.508 e. The fraction of sp³-hybridized carbons (Fsp3) is 0.188. The summed E-state index contributed by atoms with van der Waals surface area (Å²) in [6, 6.07) is 11.4. The van der Waals surface area contributed by atoms with E-state index in [1.54, 1.807) is 0 Å². The Morgan fingerprint density at radius 1 is 1.15 bits per heavy atom. The Bertz CT molecular complexity index is 608. The summed E-state index contributed by atoms with van der Waals surface area (Å²) in [5.41, 5.74) is 2.10. The van der Waals surface area contributed by atoms with Crippen molar-refractivity contribution < 1.29 is 14.3 Å². The van der Waals surface area contributed by atoms with Crippen molar-refractivity contribution in [3.8, 4) is 5.75 Å². The number of nitrogens with one attached hydrogen (secondary N) is 1. The standard InChI is InChI=1S/C16H16FNO2/c1-2-11-3-5-12(6-4-11)10-18-16(20)14-8-7-13(19)9-15(14)17/h3-9,19H,2,10H2,1H3,(H,18,20). The minimum atomic E-state index is -0.733. The summed E-state index contributed by atoms with van der Waals surface area (Å²) in [6.45, 7) is 2.41. The smallest absolute Gasteiger partial charge is 0.254 e. The van der Waals surface area contributed by atoms with Crippen molar-refractivity contribution in [2.45, 2.75) is 19.9 Å². The molecule has 0 aliphatic carbocycles. The van der Waals surface area contributed by atoms with E-state index in [1.165, 1.54) is 17.7 Å². The number of hydrogen-bond acceptors (Lipinski definition) is 2. The number of amides is 1. The van der Waals surface area contributed by atoms with E-state index in [4.69, 9.17) is 5.11 Å². The molecule has 0 aliphatic heterocycles. The van der Waals surface area contributed by atoms with E-state index >= 15 is 0 Å². The highest BCUT2D eigenvalue weighted by molar-refractivity contribution is 5.94. The second-order valence-corrected chi connectivity index (χ2v) is 4.52. The van der Waals surface area contributed by atoms with E-state index in [2.05, 4.69) is 12.2 Å². The van der Waals surface area contributed by atoms with E-state index in [9.17, 15) is 9.18 Å². The van der Waals surface area contributed by atoms with Crippen molar-refractivity contribution in [2.24, 2.45) is 0 Å². The first kappa shape index (κ1) is 14.1. The maximum atomic E-state index is 13.5. The molecule has 0 saturated heterocycles. The number of benzene rings is 2. The molecular formula is C16H16FNO2. The fourth-order valence-electron chi connectivity index (χ4n) is 1.86. The summed E-state index contributed by atoms with van der Waals surface area (Å²) in [4.78, 5) is 11.8. The fourth-order valence-corrected chi connectivity index (χ4v) is 1.86. The van der Waals surface area contributed by atoms with Crippen molar-refractivity contribution in [2.75, 3.05) is 0 Å². The second kappa shape index (κ2) is 6.19. The first-order chi connectivity index (χ1) is 9.60. The molecule has 0 bridgehead atoms. The number of hydrogen-bond donors (Lipinski definition) is 2. The van der Waals surface area contributed by atoms with Crippen LogP contribution < -0.4 is 5.32 Å². The van der Waals surface area contributed by atoms with Crippen LogP contribution in [0.1, 0.15) is 28.4 Å². The van der Waals surface area contributed by atoms with Gasteiger partial charge >= 0.3 is 0 Å². The molecule has 2 aromatic carbocycles. The lowest BCUT2D eigenvalue weighted by Gasteiger charge is -2.07. The molecule has 0 heterocycles. The van der Waals surface area contributed by atoms with Gasteiger partial charge in [-0.25, -0.2) is 4.39 Å². The third kappa shape index (κ3) is 3.35. The van der Waals surface area contributed by atoms with Gasteiger partial charge in [0.2, 0.25) is 0 Å². The van der Waals surface area contributed by atoms with Crippen LogP contribution in [0.2, 0.25) is 0 Å². The zero-order valence-corrected chi connectivity index (χ0v) is 11.2. The highest BCUT2D eigenvalue weighted by Crippen LogP contribution is 2.15. The molecule has 2 N–H and O–H groups in total. The maximum Gasteiger partial charge on any atom is 0.254 e. The number of halogens is 1. The SMILES string of the molecule is CCc1ccc(CNC(=O)c2ccc(O)cc2F)cc1. The Morgan fingerprint density at radius 2 is 1.80 bits per heavy atom. The summed E-state index contributed by atoms with van der Waals surface area (Å²) in [6.07, 6.45) is 0.964. The van der Waals surface area contributed by atoms with Crippen LogP contribution in [0.3, 0.4) is 0 Å². The second-order valence-electron chi connectivity index (χ2n) is 4.52. The van der Waals surface area contributed by atoms with Crippen molar-refractivity contribution in [3.63, 3.8) is 0 Å². The van der Waals surface area contributed by atoms with Crippen molar-refractivity contribution in [3.05, 3.63) is 65.0 Å². The highest BCUT2D eigenvalue weighted by atomic mass is 19.1. The predicted octanol–water partition coefficient (Wildman–Crippen LogP) is 3.02. The molecule has 20 heavy (non-hydrogen) atoms. The lowest BCUT2D eigenvalue weighted by atomic mass is 10.1. The minimum absolute atomic E-state index is 0.0759. The quantitative estimate of drug-likeness (QED) is 0.899. The average Bonchev–Trinajstić information content (AvgIpc) is 2.45. The monoisotopic (exact) mass is 273 g/mol. The topological polar surface area (TPSA) is 49.3 Å². The van der Waals surface area contributed by atoms with Crippen LogP contribution in [0, 0.1) is 5.82 Å². The Balaban J connectivity index is 2.00. The summed E-state index contributed by atoms with van der Waals surface area (Å²) in [5.74, 6) is -1.43. The number of carbonyl (C=O) groups excluding carboxylic acids is 1. The normalized spacial score (nSPS) is 10.3. The third-order valence-electron chi connectivity index (χ3n) is 3.08. The van der Waals surface area contributed by atoms with Gasteiger partial charge in [0, 0.05) is 12.6 Å². The Labute approximate surface area is 117 Å². The molecular weight excluding hydrogens is 257 g/mol. The van der Waals surface area contributed by atoms with Crippen LogP contribution in [-0.4, -0.2) is 11.0 Å². The van der Waals surface area contributed by atoms with Crippen molar-refractivity contribution in [1.29, 1.82) is 0 Å². The lowest BCUT2D eigenvalue weighted by molar-refractivity contribution is 0.0947. The summed E-state index contributed by atoms with van der Waals surface area (Å²) in [5, 5.41) is 11.8. The summed E-state index contributed by atoms with van der Waals surface area (Å²) >= 11 is 0. The van der Waals surface area contributed by atoms with Crippen LogP contribution in [0.15, 0.2) is 42.5 Å². The molecule has 2 rings (SSSR count). The van der Waals surface area contributed by atoms with Crippen LogP contribution >= 0.6 is 0 Å². The summed E-state index contributed by atoms with van der Waals surface area (Å²) < 4.78 is 13.5. The molecule has 0 fully saturated rings. The molecule has 0 radical (unpaired) electrons. The van der Waals surface area contributed by atoms with E-state index in [0.29, 0.717) is 6.54 Å². The van der Waals surface area contributed by atoms with Crippen molar-refractivity contribution >= 4 is 5.91 Å². The van der Waals surface area contributed by atoms with Gasteiger partial charge in [0.25, 0.3) is 5.91 Å². The van der Waals surface area contributed by atoms with Gasteiger partial charge in [0.05, 0.1) is 5.56 Å². The van der Waals surface area contributed by atoms with Gasteiger partial charge in [-0.3, -0.25) is 4.79 Å². The maximum absolute atomic E-state index is 13.5. The average molecular weight is 273 g/mol. The van der Waals surface area contributed by atoms with Gasteiger partial charge in [-0.2, -0.15) is 0 Å². The number of aromatic hydroxyl groups is 1. The van der Waals surface area contributed by atoms with E-state index < -0.39 is 11.7 Å². The molecule has 0 saturated carbocycles. The Kier molecular flexibility index (Phi) is 4.35. The Hall–Kier alpha value is -2.36. The van der Waals surface area contributed by atoms with Crippen LogP contribution in [-0.2, 0) is 13.0 Å². The van der Waals surface area contributed by atoms with Gasteiger partial charge in [-0.05, 0) is 29.7 Å².